The van der Waals surface area contributed by atoms with Crippen molar-refractivity contribution in [3.8, 4) is 5.82 Å². The summed E-state index contributed by atoms with van der Waals surface area (Å²) in [4.78, 5) is 18.9. The molecule has 1 atom stereocenters. The van der Waals surface area contributed by atoms with Crippen molar-refractivity contribution in [2.24, 2.45) is 0 Å². The third kappa shape index (κ3) is 2.85. The Labute approximate surface area is 136 Å². The molecule has 0 amide bonds. The van der Waals surface area contributed by atoms with Crippen LogP contribution in [0.5, 0.6) is 0 Å². The summed E-state index contributed by atoms with van der Waals surface area (Å²) in [5, 5.41) is 2.62. The fraction of sp³-hybridized carbons (Fsp3) is 0.250. The summed E-state index contributed by atoms with van der Waals surface area (Å²) in [6.45, 7) is 0. The maximum absolute atomic E-state index is 13.0. The first-order valence-electron chi connectivity index (χ1n) is 6.48. The molecule has 0 aromatic carbocycles. The lowest BCUT2D eigenvalue weighted by Crippen LogP contribution is -2.14. The van der Waals surface area contributed by atoms with E-state index in [1.807, 2.05) is 0 Å². The maximum Gasteiger partial charge on any atom is 0.451 e. The summed E-state index contributed by atoms with van der Waals surface area (Å²) in [5.74, 6) is -1.15. The Morgan fingerprint density at radius 3 is 2.58 bits per heavy atom. The molecule has 3 aromatic heterocycles. The number of halogens is 3. The van der Waals surface area contributed by atoms with Crippen molar-refractivity contribution >= 4 is 28.2 Å². The van der Waals surface area contributed by atoms with E-state index in [4.69, 9.17) is 0 Å². The molecule has 3 aromatic rings. The Bertz CT molecular complexity index is 896. The molecule has 0 radical (unpaired) electrons. The van der Waals surface area contributed by atoms with E-state index in [0.29, 0.717) is 0 Å². The second-order valence-corrected chi connectivity index (χ2v) is 5.86. The predicted molar refractivity (Wildman–Crippen MR) is 79.1 cm³/mol. The van der Waals surface area contributed by atoms with Crippen molar-refractivity contribution in [2.75, 3.05) is 18.6 Å². The maximum atomic E-state index is 13.0. The highest BCUT2D eigenvalue weighted by molar-refractivity contribution is 7.90. The first-order valence-corrected chi connectivity index (χ1v) is 8.04. The minimum atomic E-state index is -4.71. The molecule has 3 heterocycles. The molecule has 126 valence electrons. The number of rotatable bonds is 3. The molecule has 3 rings (SSSR count). The summed E-state index contributed by atoms with van der Waals surface area (Å²) in [6, 6.07) is 1.45. The summed E-state index contributed by atoms with van der Waals surface area (Å²) in [7, 11) is 1.43. The van der Waals surface area contributed by atoms with Gasteiger partial charge in [-0.05, 0) is 0 Å². The molecular weight excluding hydrogens is 347 g/mol. The second-order valence-electron chi connectivity index (χ2n) is 4.58. The van der Waals surface area contributed by atoms with Crippen molar-refractivity contribution in [2.45, 2.75) is 11.3 Å². The van der Waals surface area contributed by atoms with Gasteiger partial charge in [-0.15, -0.1) is 0 Å². The molecule has 0 aliphatic carbocycles. The van der Waals surface area contributed by atoms with Crippen LogP contribution in [0.25, 0.3) is 17.0 Å². The van der Waals surface area contributed by atoms with Crippen LogP contribution in [0.3, 0.4) is 0 Å². The van der Waals surface area contributed by atoms with Gasteiger partial charge in [-0.2, -0.15) is 23.1 Å². The molecule has 0 aliphatic rings. The Hall–Kier alpha value is -2.47. The molecule has 0 saturated carbocycles. The van der Waals surface area contributed by atoms with Crippen LogP contribution in [0.1, 0.15) is 5.82 Å². The summed E-state index contributed by atoms with van der Waals surface area (Å²) >= 11 is -1.44. The third-order valence-electron chi connectivity index (χ3n) is 3.01. The molecule has 1 N–H and O–H groups in total. The van der Waals surface area contributed by atoms with E-state index < -0.39 is 23.2 Å². The number of nitrogens with zero attached hydrogens (tertiary/aromatic N) is 6. The zero-order valence-electron chi connectivity index (χ0n) is 12.4. The zero-order chi connectivity index (χ0) is 17.5. The summed E-state index contributed by atoms with van der Waals surface area (Å²) in [6.07, 6.45) is -0.689. The highest BCUT2D eigenvalue weighted by Gasteiger charge is 2.36. The van der Waals surface area contributed by atoms with E-state index >= 15 is 0 Å². The molecule has 0 spiro atoms. The fourth-order valence-electron chi connectivity index (χ4n) is 1.97. The molecule has 8 nitrogen and oxygen atoms in total. The smallest absolute Gasteiger partial charge is 0.451 e. The van der Waals surface area contributed by atoms with Crippen molar-refractivity contribution in [3.63, 3.8) is 0 Å². The van der Waals surface area contributed by atoms with Gasteiger partial charge in [-0.3, -0.25) is 4.57 Å². The van der Waals surface area contributed by atoms with Crippen LogP contribution in [-0.4, -0.2) is 47.3 Å². The Balaban J connectivity index is 2.24. The van der Waals surface area contributed by atoms with Gasteiger partial charge in [0.15, 0.2) is 17.0 Å². The van der Waals surface area contributed by atoms with Crippen LogP contribution >= 0.6 is 0 Å². The van der Waals surface area contributed by atoms with E-state index in [1.54, 1.807) is 0 Å². The fourth-order valence-corrected chi connectivity index (χ4v) is 2.40. The van der Waals surface area contributed by atoms with E-state index in [0.717, 1.165) is 0 Å². The number of nitrogens with one attached hydrogen (secondary N) is 1. The minimum Gasteiger partial charge on any atom is -0.609 e. The third-order valence-corrected chi connectivity index (χ3v) is 3.72. The topological polar surface area (TPSA) is 104 Å². The summed E-state index contributed by atoms with van der Waals surface area (Å²) in [5.41, 5.74) is 0.0801. The van der Waals surface area contributed by atoms with Gasteiger partial charge in [0.2, 0.25) is 5.82 Å². The lowest BCUT2D eigenvalue weighted by atomic mass is 10.4. The molecule has 0 fully saturated rings. The average Bonchev–Trinajstić information content (AvgIpc) is 2.97. The normalized spacial score (nSPS) is 13.2. The predicted octanol–water partition coefficient (Wildman–Crippen LogP) is 1.40. The van der Waals surface area contributed by atoms with Gasteiger partial charge in [0, 0.05) is 30.5 Å². The molecule has 12 heteroatoms. The molecule has 0 aliphatic heterocycles. The van der Waals surface area contributed by atoms with E-state index in [-0.39, 0.29) is 28.0 Å². The lowest BCUT2D eigenvalue weighted by Gasteiger charge is -2.09. The molecule has 0 saturated heterocycles. The minimum absolute atomic E-state index is 0.0493. The van der Waals surface area contributed by atoms with Gasteiger partial charge in [0.05, 0.1) is 0 Å². The monoisotopic (exact) mass is 357 g/mol. The zero-order valence-corrected chi connectivity index (χ0v) is 13.2. The standard InChI is InChI=1S/C12H10F3N7OS/c1-16-8-7-9(21-10(20-8)12(13,14)15)22(5-18-7)6-3-4-17-11(19-6)24(2)23/h3-5H,1-2H3,(H,16,20,21). The first kappa shape index (κ1) is 16.4. The number of alkyl halides is 3. The van der Waals surface area contributed by atoms with Crippen LogP contribution in [0, 0.1) is 0 Å². The summed E-state index contributed by atoms with van der Waals surface area (Å²) < 4.78 is 51.7. The number of hydrogen-bond donors (Lipinski definition) is 1. The number of fused-ring (bicyclic) bond motifs is 1. The first-order chi connectivity index (χ1) is 11.3. The van der Waals surface area contributed by atoms with Gasteiger partial charge in [-0.25, -0.2) is 15.0 Å². The van der Waals surface area contributed by atoms with Gasteiger partial charge >= 0.3 is 11.3 Å². The SMILES string of the molecule is CNc1nc(C(F)(F)F)nc2c1ncn2-c1ccnc([S+](C)[O-])n1. The van der Waals surface area contributed by atoms with Crippen LogP contribution in [-0.2, 0) is 17.4 Å². The van der Waals surface area contributed by atoms with Gasteiger partial charge in [0.1, 0.15) is 18.4 Å². The second kappa shape index (κ2) is 5.87. The highest BCUT2D eigenvalue weighted by Crippen LogP contribution is 2.30. The molecular formula is C12H10F3N7OS. The Morgan fingerprint density at radius 2 is 1.96 bits per heavy atom. The Morgan fingerprint density at radius 1 is 1.21 bits per heavy atom. The van der Waals surface area contributed by atoms with Gasteiger partial charge < -0.3 is 9.87 Å². The molecule has 0 bridgehead atoms. The van der Waals surface area contributed by atoms with Crippen LogP contribution in [0.2, 0.25) is 0 Å². The van der Waals surface area contributed by atoms with Crippen molar-refractivity contribution in [3.05, 3.63) is 24.4 Å². The lowest BCUT2D eigenvalue weighted by molar-refractivity contribution is -0.144. The highest BCUT2D eigenvalue weighted by atomic mass is 32.2. The molecule has 1 unspecified atom stereocenters. The van der Waals surface area contributed by atoms with Crippen molar-refractivity contribution < 1.29 is 17.7 Å². The number of anilines is 1. The van der Waals surface area contributed by atoms with E-state index in [2.05, 4.69) is 30.2 Å². The largest absolute Gasteiger partial charge is 0.609 e. The van der Waals surface area contributed by atoms with Crippen molar-refractivity contribution in [1.29, 1.82) is 0 Å². The Kier molecular flexibility index (Phi) is 4.01. The van der Waals surface area contributed by atoms with Crippen molar-refractivity contribution in [1.82, 2.24) is 29.5 Å². The number of aromatic nitrogens is 6. The van der Waals surface area contributed by atoms with Crippen LogP contribution in [0.15, 0.2) is 23.7 Å². The van der Waals surface area contributed by atoms with Gasteiger partial charge in [-0.1, -0.05) is 0 Å². The van der Waals surface area contributed by atoms with Gasteiger partial charge in [0.25, 0.3) is 0 Å². The average molecular weight is 357 g/mol. The van der Waals surface area contributed by atoms with Crippen LogP contribution < -0.4 is 5.32 Å². The molecule has 24 heavy (non-hydrogen) atoms. The van der Waals surface area contributed by atoms with Crippen LogP contribution in [0.4, 0.5) is 19.0 Å². The number of imidazole rings is 1. The number of hydrogen-bond acceptors (Lipinski definition) is 7. The van der Waals surface area contributed by atoms with E-state index in [9.17, 15) is 17.7 Å². The van der Waals surface area contributed by atoms with E-state index in [1.165, 1.54) is 36.5 Å². The quantitative estimate of drug-likeness (QED) is 0.558.